The summed E-state index contributed by atoms with van der Waals surface area (Å²) in [6, 6.07) is 7.00. The molecule has 0 aromatic heterocycles. The van der Waals surface area contributed by atoms with Crippen LogP contribution in [0.5, 0.6) is 0 Å². The third kappa shape index (κ3) is 2.39. The normalized spacial score (nSPS) is 16.4. The quantitative estimate of drug-likeness (QED) is 0.596. The molecule has 0 unspecified atom stereocenters. The Bertz CT molecular complexity index is 344. The lowest BCUT2D eigenvalue weighted by molar-refractivity contribution is 0.0303. The van der Waals surface area contributed by atoms with E-state index in [-0.39, 0.29) is 5.91 Å². The van der Waals surface area contributed by atoms with E-state index in [1.807, 2.05) is 0 Å². The van der Waals surface area contributed by atoms with Crippen LogP contribution >= 0.6 is 0 Å². The molecule has 1 saturated heterocycles. The molecule has 0 aliphatic carbocycles. The van der Waals surface area contributed by atoms with Gasteiger partial charge >= 0.3 is 0 Å². The number of rotatable bonds is 1. The second-order valence-corrected chi connectivity index (χ2v) is 3.53. The lowest BCUT2D eigenvalue weighted by Gasteiger charge is -2.26. The Hall–Kier alpha value is -1.29. The molecule has 15 heavy (non-hydrogen) atoms. The molecule has 0 spiro atoms. The van der Waals surface area contributed by atoms with Crippen LogP contribution in [0.25, 0.3) is 0 Å². The zero-order valence-electron chi connectivity index (χ0n) is 8.48. The summed E-state index contributed by atoms with van der Waals surface area (Å²) >= 11 is 0. The Balaban J connectivity index is 2.09. The van der Waals surface area contributed by atoms with Crippen molar-refractivity contribution in [3.05, 3.63) is 29.8 Å². The summed E-state index contributed by atoms with van der Waals surface area (Å²) in [5.74, 6) is 0.0540. The molecular formula is C11H12BNO2. The molecule has 0 bridgehead atoms. The van der Waals surface area contributed by atoms with Crippen molar-refractivity contribution in [3.63, 3.8) is 0 Å². The summed E-state index contributed by atoms with van der Waals surface area (Å²) < 4.78 is 5.19. The van der Waals surface area contributed by atoms with Gasteiger partial charge in [-0.3, -0.25) is 4.79 Å². The maximum absolute atomic E-state index is 11.9. The van der Waals surface area contributed by atoms with Gasteiger partial charge in [-0.05, 0) is 0 Å². The van der Waals surface area contributed by atoms with Crippen LogP contribution in [0.2, 0.25) is 0 Å². The number of ether oxygens (including phenoxy) is 1. The number of benzene rings is 1. The number of nitrogens with zero attached hydrogens (tertiary/aromatic N) is 1. The van der Waals surface area contributed by atoms with Crippen LogP contribution in [0.15, 0.2) is 24.3 Å². The Morgan fingerprint density at radius 1 is 1.20 bits per heavy atom. The fourth-order valence-corrected chi connectivity index (χ4v) is 1.57. The number of amides is 1. The molecule has 1 aromatic carbocycles. The maximum Gasteiger partial charge on any atom is 0.254 e. The van der Waals surface area contributed by atoms with Gasteiger partial charge in [-0.2, -0.15) is 0 Å². The summed E-state index contributed by atoms with van der Waals surface area (Å²) in [7, 11) is 5.56. The number of carbonyl (C=O) groups excluding carboxylic acids is 1. The Labute approximate surface area is 90.4 Å². The lowest BCUT2D eigenvalue weighted by atomic mass is 9.95. The summed E-state index contributed by atoms with van der Waals surface area (Å²) in [6.07, 6.45) is 0. The first-order valence-corrected chi connectivity index (χ1v) is 5.00. The zero-order valence-corrected chi connectivity index (χ0v) is 8.48. The number of morpholine rings is 1. The fraction of sp³-hybridized carbons (Fsp3) is 0.364. The highest BCUT2D eigenvalue weighted by Crippen LogP contribution is 2.05. The molecule has 0 atom stereocenters. The van der Waals surface area contributed by atoms with Gasteiger partial charge in [0.15, 0.2) is 0 Å². The third-order valence-electron chi connectivity index (χ3n) is 2.46. The van der Waals surface area contributed by atoms with Gasteiger partial charge in [0, 0.05) is 18.7 Å². The molecule has 0 saturated carbocycles. The molecular weight excluding hydrogens is 189 g/mol. The summed E-state index contributed by atoms with van der Waals surface area (Å²) in [4.78, 5) is 13.7. The van der Waals surface area contributed by atoms with E-state index in [2.05, 4.69) is 0 Å². The van der Waals surface area contributed by atoms with Crippen LogP contribution in [0, 0.1) is 0 Å². The number of hydrogen-bond donors (Lipinski definition) is 0. The van der Waals surface area contributed by atoms with Crippen molar-refractivity contribution in [2.24, 2.45) is 0 Å². The monoisotopic (exact) mass is 201 g/mol. The minimum absolute atomic E-state index is 0.0540. The van der Waals surface area contributed by atoms with E-state index in [1.165, 1.54) is 0 Å². The van der Waals surface area contributed by atoms with E-state index in [1.54, 1.807) is 29.2 Å². The van der Waals surface area contributed by atoms with Gasteiger partial charge in [-0.25, -0.2) is 0 Å². The molecule has 1 aromatic rings. The summed E-state index contributed by atoms with van der Waals surface area (Å²) in [5.41, 5.74) is 1.36. The molecule has 1 fully saturated rings. The number of carbonyl (C=O) groups is 1. The second kappa shape index (κ2) is 4.49. The minimum Gasteiger partial charge on any atom is -0.378 e. The van der Waals surface area contributed by atoms with Crippen LogP contribution in [0.1, 0.15) is 10.4 Å². The lowest BCUT2D eigenvalue weighted by Crippen LogP contribution is -2.40. The minimum atomic E-state index is 0.0540. The van der Waals surface area contributed by atoms with Crippen LogP contribution in [0.3, 0.4) is 0 Å². The van der Waals surface area contributed by atoms with Crippen molar-refractivity contribution in [2.45, 2.75) is 0 Å². The molecule has 76 valence electrons. The highest BCUT2D eigenvalue weighted by atomic mass is 16.5. The molecule has 2 radical (unpaired) electrons. The van der Waals surface area contributed by atoms with Crippen molar-refractivity contribution in [2.75, 3.05) is 26.3 Å². The van der Waals surface area contributed by atoms with Crippen molar-refractivity contribution in [1.82, 2.24) is 4.90 Å². The maximum atomic E-state index is 11.9. The Kier molecular flexibility index (Phi) is 3.06. The van der Waals surface area contributed by atoms with Gasteiger partial charge in [-0.15, -0.1) is 0 Å². The average molecular weight is 201 g/mol. The van der Waals surface area contributed by atoms with Crippen molar-refractivity contribution >= 4 is 19.2 Å². The van der Waals surface area contributed by atoms with Gasteiger partial charge in [0.25, 0.3) is 5.91 Å². The smallest absolute Gasteiger partial charge is 0.254 e. The van der Waals surface area contributed by atoms with Crippen molar-refractivity contribution in [3.8, 4) is 0 Å². The predicted molar refractivity (Wildman–Crippen MR) is 58.6 cm³/mol. The molecule has 1 aliphatic rings. The highest BCUT2D eigenvalue weighted by Gasteiger charge is 2.17. The van der Waals surface area contributed by atoms with Gasteiger partial charge < -0.3 is 9.64 Å². The second-order valence-electron chi connectivity index (χ2n) is 3.53. The molecule has 0 N–H and O–H groups in total. The van der Waals surface area contributed by atoms with Crippen LogP contribution in [-0.4, -0.2) is 45.0 Å². The molecule has 4 heteroatoms. The standard InChI is InChI=1S/C11H12BNO2/c12-10-3-1-9(2-4-10)11(14)13-5-7-15-8-6-13/h1-4H,5-8H2. The third-order valence-corrected chi connectivity index (χ3v) is 2.46. The van der Waals surface area contributed by atoms with Crippen molar-refractivity contribution in [1.29, 1.82) is 0 Å². The highest BCUT2D eigenvalue weighted by molar-refractivity contribution is 6.32. The zero-order chi connectivity index (χ0) is 10.7. The summed E-state index contributed by atoms with van der Waals surface area (Å²) in [5, 5.41) is 0. The average Bonchev–Trinajstić information content (AvgIpc) is 2.30. The molecule has 1 amide bonds. The van der Waals surface area contributed by atoms with Gasteiger partial charge in [0.2, 0.25) is 0 Å². The van der Waals surface area contributed by atoms with Crippen LogP contribution < -0.4 is 5.46 Å². The van der Waals surface area contributed by atoms with E-state index in [9.17, 15) is 4.79 Å². The SMILES string of the molecule is [B]c1ccc(C(=O)N2CCOCC2)cc1. The van der Waals surface area contributed by atoms with E-state index >= 15 is 0 Å². The van der Waals surface area contributed by atoms with Crippen molar-refractivity contribution < 1.29 is 9.53 Å². The fourth-order valence-electron chi connectivity index (χ4n) is 1.57. The topological polar surface area (TPSA) is 29.5 Å². The Morgan fingerprint density at radius 3 is 2.40 bits per heavy atom. The first-order valence-electron chi connectivity index (χ1n) is 5.00. The number of hydrogen-bond acceptors (Lipinski definition) is 2. The van der Waals surface area contributed by atoms with E-state index < -0.39 is 0 Å². The first kappa shape index (κ1) is 10.2. The van der Waals surface area contributed by atoms with E-state index in [4.69, 9.17) is 12.6 Å². The first-order chi connectivity index (χ1) is 7.27. The van der Waals surface area contributed by atoms with E-state index in [0.717, 1.165) is 0 Å². The molecule has 1 aliphatic heterocycles. The summed E-state index contributed by atoms with van der Waals surface area (Å²) in [6.45, 7) is 2.59. The Morgan fingerprint density at radius 2 is 1.80 bits per heavy atom. The van der Waals surface area contributed by atoms with Gasteiger partial charge in [0.05, 0.1) is 13.2 Å². The molecule has 3 nitrogen and oxygen atoms in total. The van der Waals surface area contributed by atoms with Crippen LogP contribution in [-0.2, 0) is 4.74 Å². The predicted octanol–water partition coefficient (Wildman–Crippen LogP) is -0.0472. The molecule has 2 rings (SSSR count). The van der Waals surface area contributed by atoms with Gasteiger partial charge in [-0.1, -0.05) is 29.7 Å². The van der Waals surface area contributed by atoms with Crippen LogP contribution in [0.4, 0.5) is 0 Å². The largest absolute Gasteiger partial charge is 0.378 e. The molecule has 1 heterocycles. The van der Waals surface area contributed by atoms with Gasteiger partial charge in [0.1, 0.15) is 7.85 Å². The van der Waals surface area contributed by atoms with E-state index in [0.29, 0.717) is 37.3 Å².